The van der Waals surface area contributed by atoms with Crippen LogP contribution in [-0.4, -0.2) is 22.2 Å². The minimum absolute atomic E-state index is 0.0300. The van der Waals surface area contributed by atoms with Crippen LogP contribution in [0.1, 0.15) is 20.3 Å². The Morgan fingerprint density at radius 2 is 1.85 bits per heavy atom. The smallest absolute Gasteiger partial charge is 0.314 e. The van der Waals surface area contributed by atoms with Gasteiger partial charge in [0.15, 0.2) is 0 Å². The molecule has 5 heteroatoms. The molecule has 0 radical (unpaired) electrons. The lowest BCUT2D eigenvalue weighted by Gasteiger charge is -2.17. The van der Waals surface area contributed by atoms with Crippen molar-refractivity contribution in [2.45, 2.75) is 20.3 Å². The Hall–Kier alpha value is -1.03. The molecule has 0 amide bonds. The minimum Gasteiger partial charge on any atom is -0.481 e. The van der Waals surface area contributed by atoms with Crippen LogP contribution in [0.4, 0.5) is 0 Å². The monoisotopic (exact) mass is 206 g/mol. The first kappa shape index (κ1) is 12.0. The molecule has 0 bridgehead atoms. The van der Waals surface area contributed by atoms with Gasteiger partial charge in [0.25, 0.3) is 0 Å². The molecule has 0 fully saturated rings. The van der Waals surface area contributed by atoms with Crippen LogP contribution in [0.2, 0.25) is 0 Å². The van der Waals surface area contributed by atoms with Crippen LogP contribution in [-0.2, 0) is 9.59 Å². The second kappa shape index (κ2) is 4.28. The Bertz CT molecular complexity index is 255. The predicted molar refractivity (Wildman–Crippen MR) is 47.6 cm³/mol. The van der Waals surface area contributed by atoms with Gasteiger partial charge in [-0.05, 0) is 13.8 Å². The molecular weight excluding hydrogens is 196 g/mol. The molecule has 0 rings (SSSR count). The maximum atomic E-state index is 10.6. The molecule has 0 atom stereocenters. The molecule has 0 heterocycles. The van der Waals surface area contributed by atoms with Gasteiger partial charge in [0.2, 0.25) is 0 Å². The second-order valence-electron chi connectivity index (χ2n) is 3.08. The van der Waals surface area contributed by atoms with Crippen molar-refractivity contribution in [2.75, 3.05) is 0 Å². The fourth-order valence-corrected chi connectivity index (χ4v) is 0.692. The molecule has 74 valence electrons. The van der Waals surface area contributed by atoms with Crippen LogP contribution in [0.15, 0.2) is 11.1 Å². The highest BCUT2D eigenvalue weighted by Gasteiger charge is 2.30. The van der Waals surface area contributed by atoms with Gasteiger partial charge in [0, 0.05) is 5.03 Å². The van der Waals surface area contributed by atoms with Crippen LogP contribution < -0.4 is 0 Å². The Morgan fingerprint density at radius 1 is 1.38 bits per heavy atom. The van der Waals surface area contributed by atoms with E-state index in [0.29, 0.717) is 0 Å². The first-order valence-electron chi connectivity index (χ1n) is 3.59. The Kier molecular flexibility index (Phi) is 3.94. The molecule has 0 saturated carbocycles. The average Bonchev–Trinajstić information content (AvgIpc) is 1.99. The summed E-state index contributed by atoms with van der Waals surface area (Å²) in [6.07, 6.45) is 0.924. The number of hydrogen-bond donors (Lipinski definition) is 2. The van der Waals surface area contributed by atoms with Crippen molar-refractivity contribution in [3.05, 3.63) is 11.1 Å². The lowest BCUT2D eigenvalue weighted by atomic mass is 9.92. The van der Waals surface area contributed by atoms with Crippen LogP contribution in [0, 0.1) is 5.41 Å². The molecule has 0 unspecified atom stereocenters. The summed E-state index contributed by atoms with van der Waals surface area (Å²) in [6, 6.07) is 0. The van der Waals surface area contributed by atoms with E-state index < -0.39 is 17.4 Å². The number of hydrogen-bond acceptors (Lipinski definition) is 2. The van der Waals surface area contributed by atoms with E-state index in [9.17, 15) is 9.59 Å². The highest BCUT2D eigenvalue weighted by Crippen LogP contribution is 2.29. The summed E-state index contributed by atoms with van der Waals surface area (Å²) in [5.41, 5.74) is -1.23. The lowest BCUT2D eigenvalue weighted by Crippen LogP contribution is -2.24. The van der Waals surface area contributed by atoms with Crippen molar-refractivity contribution in [1.82, 2.24) is 0 Å². The Morgan fingerprint density at radius 3 is 2.15 bits per heavy atom. The third-order valence-corrected chi connectivity index (χ3v) is 2.21. The van der Waals surface area contributed by atoms with Crippen molar-refractivity contribution in [3.8, 4) is 0 Å². The fraction of sp³-hybridized carbons (Fsp3) is 0.500. The summed E-state index contributed by atoms with van der Waals surface area (Å²) >= 11 is 5.63. The largest absolute Gasteiger partial charge is 0.481 e. The van der Waals surface area contributed by atoms with Crippen molar-refractivity contribution >= 4 is 23.5 Å². The predicted octanol–water partition coefficient (Wildman–Crippen LogP) is 1.69. The lowest BCUT2D eigenvalue weighted by molar-refractivity contribution is -0.144. The maximum Gasteiger partial charge on any atom is 0.314 e. The second-order valence-corrected chi connectivity index (χ2v) is 3.49. The SMILES string of the molecule is CC(C)(C(=O)O)/C(Cl)=C/CC(=O)O. The highest BCUT2D eigenvalue weighted by molar-refractivity contribution is 6.31. The van der Waals surface area contributed by atoms with Gasteiger partial charge < -0.3 is 10.2 Å². The molecule has 0 aromatic carbocycles. The molecule has 0 spiro atoms. The van der Waals surface area contributed by atoms with Crippen LogP contribution in [0.25, 0.3) is 0 Å². The summed E-state index contributed by atoms with van der Waals surface area (Å²) in [6.45, 7) is 2.83. The van der Waals surface area contributed by atoms with Gasteiger partial charge >= 0.3 is 11.9 Å². The first-order valence-corrected chi connectivity index (χ1v) is 3.97. The van der Waals surface area contributed by atoms with Crippen molar-refractivity contribution in [3.63, 3.8) is 0 Å². The van der Waals surface area contributed by atoms with E-state index in [2.05, 4.69) is 0 Å². The molecule has 13 heavy (non-hydrogen) atoms. The third kappa shape index (κ3) is 3.46. The molecule has 0 aromatic rings. The summed E-state index contributed by atoms with van der Waals surface area (Å²) < 4.78 is 0. The van der Waals surface area contributed by atoms with Gasteiger partial charge in [-0.2, -0.15) is 0 Å². The van der Waals surface area contributed by atoms with Gasteiger partial charge in [-0.25, -0.2) is 0 Å². The summed E-state index contributed by atoms with van der Waals surface area (Å²) in [5.74, 6) is -2.13. The number of carboxylic acids is 2. The van der Waals surface area contributed by atoms with Crippen molar-refractivity contribution in [2.24, 2.45) is 5.41 Å². The van der Waals surface area contributed by atoms with E-state index >= 15 is 0 Å². The summed E-state index contributed by atoms with van der Waals surface area (Å²) in [5, 5.41) is 17.1. The topological polar surface area (TPSA) is 74.6 Å². The molecular formula is C8H11ClO4. The van der Waals surface area contributed by atoms with Crippen LogP contribution in [0.3, 0.4) is 0 Å². The van der Waals surface area contributed by atoms with Gasteiger partial charge in [-0.3, -0.25) is 9.59 Å². The standard InChI is InChI=1S/C8H11ClO4/c1-8(2,7(12)13)5(9)3-4-6(10)11/h3H,4H2,1-2H3,(H,10,11)(H,12,13)/b5-3-. The molecule has 4 nitrogen and oxygen atoms in total. The molecule has 0 saturated heterocycles. The summed E-state index contributed by atoms with van der Waals surface area (Å²) in [7, 11) is 0. The van der Waals surface area contributed by atoms with E-state index in [-0.39, 0.29) is 11.5 Å². The van der Waals surface area contributed by atoms with Crippen molar-refractivity contribution in [1.29, 1.82) is 0 Å². The molecule has 0 aliphatic heterocycles. The first-order chi connectivity index (χ1) is 5.78. The number of carboxylic acid groups (broad SMARTS) is 2. The number of halogens is 1. The zero-order valence-electron chi connectivity index (χ0n) is 7.37. The number of aliphatic carboxylic acids is 2. The van der Waals surface area contributed by atoms with Gasteiger partial charge in [0.05, 0.1) is 11.8 Å². The quantitative estimate of drug-likeness (QED) is 0.734. The summed E-state index contributed by atoms with van der Waals surface area (Å²) in [4.78, 5) is 20.8. The van der Waals surface area contributed by atoms with Gasteiger partial charge in [-0.1, -0.05) is 17.7 Å². The van der Waals surface area contributed by atoms with E-state index in [0.717, 1.165) is 0 Å². The molecule has 0 aliphatic rings. The molecule has 0 aromatic heterocycles. The molecule has 2 N–H and O–H groups in total. The van der Waals surface area contributed by atoms with E-state index in [1.54, 1.807) is 0 Å². The van der Waals surface area contributed by atoms with Gasteiger partial charge in [0.1, 0.15) is 0 Å². The minimum atomic E-state index is -1.23. The van der Waals surface area contributed by atoms with E-state index in [4.69, 9.17) is 21.8 Å². The van der Waals surface area contributed by atoms with Crippen LogP contribution in [0.5, 0.6) is 0 Å². The number of rotatable bonds is 4. The van der Waals surface area contributed by atoms with E-state index in [1.807, 2.05) is 0 Å². The zero-order valence-corrected chi connectivity index (χ0v) is 8.13. The van der Waals surface area contributed by atoms with Gasteiger partial charge in [-0.15, -0.1) is 0 Å². The van der Waals surface area contributed by atoms with Crippen molar-refractivity contribution < 1.29 is 19.8 Å². The maximum absolute atomic E-state index is 10.6. The average molecular weight is 207 g/mol. The Labute approximate surface area is 80.8 Å². The Balaban J connectivity index is 4.57. The molecule has 0 aliphatic carbocycles. The van der Waals surface area contributed by atoms with E-state index in [1.165, 1.54) is 19.9 Å². The van der Waals surface area contributed by atoms with Crippen LogP contribution >= 0.6 is 11.6 Å². The normalized spacial score (nSPS) is 12.7. The third-order valence-electron chi connectivity index (χ3n) is 1.59. The zero-order chi connectivity index (χ0) is 10.6. The fourth-order valence-electron chi connectivity index (χ4n) is 0.534. The number of carbonyl (C=O) groups is 2. The highest BCUT2D eigenvalue weighted by atomic mass is 35.5.